The first kappa shape index (κ1) is 8.43. The van der Waals surface area contributed by atoms with E-state index in [-0.39, 0.29) is 5.00 Å². The van der Waals surface area contributed by atoms with E-state index in [1.54, 1.807) is 0 Å². The summed E-state index contributed by atoms with van der Waals surface area (Å²) in [7, 11) is 0. The molecule has 1 aliphatic rings. The van der Waals surface area contributed by atoms with Gasteiger partial charge in [0.2, 0.25) is 0 Å². The third-order valence-corrected chi connectivity index (χ3v) is 3.05. The van der Waals surface area contributed by atoms with Crippen LogP contribution in [0.15, 0.2) is 6.20 Å². The maximum atomic E-state index is 10.4. The highest BCUT2D eigenvalue weighted by molar-refractivity contribution is 7.18. The standard InChI is InChI=1S/C7H9N3O2S/c11-10(12)6-5-8-7(13-6)9-3-1-2-4-9/h5H,1-4H2. The number of hydrogen-bond acceptors (Lipinski definition) is 5. The van der Waals surface area contributed by atoms with Crippen LogP contribution in [0.2, 0.25) is 0 Å². The maximum absolute atomic E-state index is 10.4. The predicted molar refractivity (Wildman–Crippen MR) is 50.2 cm³/mol. The van der Waals surface area contributed by atoms with Crippen molar-refractivity contribution in [2.24, 2.45) is 0 Å². The molecule has 2 heterocycles. The van der Waals surface area contributed by atoms with Gasteiger partial charge in [-0.25, -0.2) is 4.98 Å². The Morgan fingerprint density at radius 2 is 2.23 bits per heavy atom. The molecule has 0 amide bonds. The number of thiazole rings is 1. The molecular formula is C7H9N3O2S. The first-order valence-corrected chi connectivity index (χ1v) is 4.94. The van der Waals surface area contributed by atoms with Gasteiger partial charge >= 0.3 is 5.00 Å². The molecule has 1 aromatic rings. The predicted octanol–water partition coefficient (Wildman–Crippen LogP) is 1.65. The second-order valence-electron chi connectivity index (χ2n) is 2.93. The molecule has 1 saturated heterocycles. The van der Waals surface area contributed by atoms with Gasteiger partial charge in [0.1, 0.15) is 6.20 Å². The molecule has 0 aliphatic carbocycles. The largest absolute Gasteiger partial charge is 0.348 e. The van der Waals surface area contributed by atoms with Crippen LogP contribution in [0.3, 0.4) is 0 Å². The van der Waals surface area contributed by atoms with Crippen molar-refractivity contribution in [2.75, 3.05) is 18.0 Å². The quantitative estimate of drug-likeness (QED) is 0.536. The number of nitrogens with zero attached hydrogens (tertiary/aromatic N) is 3. The highest BCUT2D eigenvalue weighted by atomic mass is 32.1. The lowest BCUT2D eigenvalue weighted by Gasteiger charge is -2.11. The van der Waals surface area contributed by atoms with Crippen LogP contribution in [0.4, 0.5) is 10.1 Å². The van der Waals surface area contributed by atoms with E-state index in [1.807, 2.05) is 0 Å². The van der Waals surface area contributed by atoms with Crippen LogP contribution < -0.4 is 4.90 Å². The molecule has 0 unspecified atom stereocenters. The smallest absolute Gasteiger partial charge is 0.345 e. The third kappa shape index (κ3) is 1.62. The molecule has 0 aromatic carbocycles. The van der Waals surface area contributed by atoms with Crippen molar-refractivity contribution in [1.82, 2.24) is 4.98 Å². The average Bonchev–Trinajstić information content (AvgIpc) is 2.75. The van der Waals surface area contributed by atoms with Gasteiger partial charge < -0.3 is 4.90 Å². The van der Waals surface area contributed by atoms with Gasteiger partial charge in [-0.05, 0) is 24.2 Å². The van der Waals surface area contributed by atoms with Crippen LogP contribution in [-0.2, 0) is 0 Å². The lowest BCUT2D eigenvalue weighted by atomic mass is 10.4. The highest BCUT2D eigenvalue weighted by Gasteiger charge is 2.19. The molecule has 0 atom stereocenters. The maximum Gasteiger partial charge on any atom is 0.345 e. The Hall–Kier alpha value is -1.17. The number of aromatic nitrogens is 1. The summed E-state index contributed by atoms with van der Waals surface area (Å²) >= 11 is 1.15. The normalized spacial score (nSPS) is 16.5. The third-order valence-electron chi connectivity index (χ3n) is 2.04. The van der Waals surface area contributed by atoms with Crippen LogP contribution in [0.25, 0.3) is 0 Å². The van der Waals surface area contributed by atoms with Gasteiger partial charge in [0, 0.05) is 13.1 Å². The highest BCUT2D eigenvalue weighted by Crippen LogP contribution is 2.30. The van der Waals surface area contributed by atoms with Crippen molar-refractivity contribution in [1.29, 1.82) is 0 Å². The fourth-order valence-electron chi connectivity index (χ4n) is 1.40. The van der Waals surface area contributed by atoms with E-state index < -0.39 is 4.92 Å². The van der Waals surface area contributed by atoms with Crippen LogP contribution in [0.5, 0.6) is 0 Å². The summed E-state index contributed by atoms with van der Waals surface area (Å²) in [5.41, 5.74) is 0. The fraction of sp³-hybridized carbons (Fsp3) is 0.571. The Balaban J connectivity index is 2.16. The van der Waals surface area contributed by atoms with Crippen molar-refractivity contribution < 1.29 is 4.92 Å². The fourth-order valence-corrected chi connectivity index (χ4v) is 2.18. The van der Waals surface area contributed by atoms with Gasteiger partial charge in [0.05, 0.1) is 4.92 Å². The lowest BCUT2D eigenvalue weighted by Crippen LogP contribution is -2.16. The summed E-state index contributed by atoms with van der Waals surface area (Å²) in [6.07, 6.45) is 3.65. The van der Waals surface area contributed by atoms with Crippen molar-refractivity contribution in [3.63, 3.8) is 0 Å². The van der Waals surface area contributed by atoms with E-state index in [9.17, 15) is 10.1 Å². The second kappa shape index (κ2) is 3.29. The Morgan fingerprint density at radius 3 is 2.77 bits per heavy atom. The molecule has 0 saturated carbocycles. The van der Waals surface area contributed by atoms with Gasteiger partial charge in [0.25, 0.3) is 0 Å². The van der Waals surface area contributed by atoms with Crippen molar-refractivity contribution in [2.45, 2.75) is 12.8 Å². The summed E-state index contributed by atoms with van der Waals surface area (Å²) in [5, 5.41) is 11.3. The van der Waals surface area contributed by atoms with Gasteiger partial charge in [-0.15, -0.1) is 0 Å². The van der Waals surface area contributed by atoms with Crippen LogP contribution in [-0.4, -0.2) is 23.0 Å². The molecule has 2 rings (SSSR count). The van der Waals surface area contributed by atoms with E-state index >= 15 is 0 Å². The zero-order valence-corrected chi connectivity index (χ0v) is 7.79. The topological polar surface area (TPSA) is 59.3 Å². The van der Waals surface area contributed by atoms with Crippen LogP contribution >= 0.6 is 11.3 Å². The summed E-state index contributed by atoms with van der Waals surface area (Å²) in [5.74, 6) is 0. The van der Waals surface area contributed by atoms with Gasteiger partial charge in [-0.2, -0.15) is 0 Å². The molecule has 0 radical (unpaired) electrons. The molecule has 5 nitrogen and oxygen atoms in total. The molecule has 0 spiro atoms. The van der Waals surface area contributed by atoms with E-state index in [4.69, 9.17) is 0 Å². The van der Waals surface area contributed by atoms with E-state index in [0.29, 0.717) is 0 Å². The zero-order valence-electron chi connectivity index (χ0n) is 6.97. The van der Waals surface area contributed by atoms with Crippen molar-refractivity contribution in [3.05, 3.63) is 16.3 Å². The molecule has 1 aromatic heterocycles. The lowest BCUT2D eigenvalue weighted by molar-refractivity contribution is -0.380. The Bertz CT molecular complexity index is 319. The Kier molecular flexibility index (Phi) is 2.13. The summed E-state index contributed by atoms with van der Waals surface area (Å²) < 4.78 is 0. The van der Waals surface area contributed by atoms with Gasteiger partial charge in [-0.3, -0.25) is 10.1 Å². The molecule has 6 heteroatoms. The number of rotatable bonds is 2. The second-order valence-corrected chi connectivity index (χ2v) is 3.92. The summed E-state index contributed by atoms with van der Waals surface area (Å²) in [6.45, 7) is 1.95. The molecular weight excluding hydrogens is 190 g/mol. The van der Waals surface area contributed by atoms with Crippen molar-refractivity contribution >= 4 is 21.5 Å². The zero-order chi connectivity index (χ0) is 9.26. The first-order valence-electron chi connectivity index (χ1n) is 4.12. The summed E-state index contributed by atoms with van der Waals surface area (Å²) in [4.78, 5) is 16.1. The van der Waals surface area contributed by atoms with E-state index in [2.05, 4.69) is 9.88 Å². The number of anilines is 1. The SMILES string of the molecule is O=[N+]([O-])c1cnc(N2CCCC2)s1. The first-order chi connectivity index (χ1) is 6.27. The molecule has 0 N–H and O–H groups in total. The minimum Gasteiger partial charge on any atom is -0.348 e. The Morgan fingerprint density at radius 1 is 1.54 bits per heavy atom. The average molecular weight is 199 g/mol. The van der Waals surface area contributed by atoms with Gasteiger partial charge in [0.15, 0.2) is 5.13 Å². The Labute approximate surface area is 79.2 Å². The van der Waals surface area contributed by atoms with Crippen molar-refractivity contribution in [3.8, 4) is 0 Å². The molecule has 0 bridgehead atoms. The van der Waals surface area contributed by atoms with Crippen LogP contribution in [0, 0.1) is 10.1 Å². The van der Waals surface area contributed by atoms with E-state index in [1.165, 1.54) is 6.20 Å². The molecule has 13 heavy (non-hydrogen) atoms. The summed E-state index contributed by atoms with van der Waals surface area (Å²) in [6, 6.07) is 0. The molecule has 70 valence electrons. The van der Waals surface area contributed by atoms with E-state index in [0.717, 1.165) is 42.4 Å². The number of nitro groups is 1. The molecule has 1 fully saturated rings. The minimum atomic E-state index is -0.392. The minimum absolute atomic E-state index is 0.127. The number of hydrogen-bond donors (Lipinski definition) is 0. The van der Waals surface area contributed by atoms with Gasteiger partial charge in [-0.1, -0.05) is 0 Å². The molecule has 1 aliphatic heterocycles. The van der Waals surface area contributed by atoms with Crippen LogP contribution in [0.1, 0.15) is 12.8 Å². The monoisotopic (exact) mass is 199 g/mol.